The molecule has 0 saturated carbocycles. The molecule has 5 heteroatoms. The summed E-state index contributed by atoms with van der Waals surface area (Å²) >= 11 is 3.13. The standard InChI is InChI=1S/C17H21BrFNO2/c1-5-22-17(21)9-16(11(2)3)20-10-12(4)13-6-7-14(18)15(19)8-13/h6-8,10,20H,5,9H2,1-4H3/b12-10+. The maximum absolute atomic E-state index is 13.6. The van der Waals surface area contributed by atoms with Crippen molar-refractivity contribution in [2.45, 2.75) is 34.1 Å². The Kier molecular flexibility index (Phi) is 7.32. The maximum Gasteiger partial charge on any atom is 0.311 e. The van der Waals surface area contributed by atoms with Crippen molar-refractivity contribution < 1.29 is 13.9 Å². The second-order valence-electron chi connectivity index (χ2n) is 5.06. The van der Waals surface area contributed by atoms with Gasteiger partial charge in [0.05, 0.1) is 17.5 Å². The average Bonchev–Trinajstić information content (AvgIpc) is 2.46. The van der Waals surface area contributed by atoms with Gasteiger partial charge < -0.3 is 10.1 Å². The van der Waals surface area contributed by atoms with E-state index in [-0.39, 0.29) is 18.2 Å². The van der Waals surface area contributed by atoms with Crippen LogP contribution in [0.1, 0.15) is 39.7 Å². The minimum atomic E-state index is -0.306. The fourth-order valence-electron chi connectivity index (χ4n) is 1.75. The van der Waals surface area contributed by atoms with E-state index in [2.05, 4.69) is 21.2 Å². The Morgan fingerprint density at radius 1 is 1.36 bits per heavy atom. The van der Waals surface area contributed by atoms with E-state index < -0.39 is 0 Å². The van der Waals surface area contributed by atoms with Crippen molar-refractivity contribution in [3.8, 4) is 0 Å². The molecule has 0 aliphatic rings. The first kappa shape index (κ1) is 18.4. The molecule has 0 fully saturated rings. The summed E-state index contributed by atoms with van der Waals surface area (Å²) in [5.74, 6) is -0.578. The normalized spacial score (nSPS) is 11.1. The van der Waals surface area contributed by atoms with Gasteiger partial charge in [-0.2, -0.15) is 0 Å². The van der Waals surface area contributed by atoms with E-state index in [1.165, 1.54) is 6.07 Å². The Balaban J connectivity index is 2.84. The van der Waals surface area contributed by atoms with E-state index in [0.29, 0.717) is 11.1 Å². The monoisotopic (exact) mass is 369 g/mol. The molecule has 0 atom stereocenters. The third kappa shape index (κ3) is 5.64. The van der Waals surface area contributed by atoms with Gasteiger partial charge in [-0.1, -0.05) is 11.6 Å². The van der Waals surface area contributed by atoms with Gasteiger partial charge in [-0.3, -0.25) is 4.79 Å². The van der Waals surface area contributed by atoms with Crippen LogP contribution in [-0.4, -0.2) is 12.6 Å². The number of halogens is 2. The second-order valence-corrected chi connectivity index (χ2v) is 5.92. The molecule has 0 radical (unpaired) electrons. The maximum atomic E-state index is 13.6. The number of hydrogen-bond donors (Lipinski definition) is 1. The number of allylic oxidation sites excluding steroid dienone is 2. The number of nitrogens with one attached hydrogen (secondary N) is 1. The van der Waals surface area contributed by atoms with E-state index >= 15 is 0 Å². The molecule has 0 bridgehead atoms. The molecular formula is C17H21BrFNO2. The topological polar surface area (TPSA) is 38.3 Å². The predicted octanol–water partition coefficient (Wildman–Crippen LogP) is 4.79. The van der Waals surface area contributed by atoms with E-state index in [4.69, 9.17) is 4.74 Å². The number of carbonyl (C=O) groups excluding carboxylic acids is 1. The molecule has 1 N–H and O–H groups in total. The quantitative estimate of drug-likeness (QED) is 0.732. The lowest BCUT2D eigenvalue weighted by molar-refractivity contribution is -0.142. The molecule has 0 heterocycles. The van der Waals surface area contributed by atoms with Crippen molar-refractivity contribution in [2.24, 2.45) is 0 Å². The van der Waals surface area contributed by atoms with Gasteiger partial charge in [0.1, 0.15) is 5.82 Å². The molecule has 0 aliphatic carbocycles. The lowest BCUT2D eigenvalue weighted by Gasteiger charge is -2.11. The molecule has 1 aromatic rings. The highest BCUT2D eigenvalue weighted by Gasteiger charge is 2.08. The molecule has 0 spiro atoms. The molecule has 0 amide bonds. The van der Waals surface area contributed by atoms with E-state index in [1.807, 2.05) is 26.8 Å². The zero-order valence-electron chi connectivity index (χ0n) is 13.3. The number of ether oxygens (including phenoxy) is 1. The molecule has 3 nitrogen and oxygen atoms in total. The average molecular weight is 370 g/mol. The minimum absolute atomic E-state index is 0.189. The van der Waals surface area contributed by atoms with Crippen LogP contribution in [0.5, 0.6) is 0 Å². The van der Waals surface area contributed by atoms with Crippen LogP contribution in [0.15, 0.2) is 40.1 Å². The third-order valence-electron chi connectivity index (χ3n) is 3.07. The lowest BCUT2D eigenvalue weighted by Crippen LogP contribution is -2.14. The molecule has 1 rings (SSSR count). The largest absolute Gasteiger partial charge is 0.466 e. The molecule has 0 aromatic heterocycles. The van der Waals surface area contributed by atoms with Gasteiger partial charge in [-0.25, -0.2) is 4.39 Å². The lowest BCUT2D eigenvalue weighted by atomic mass is 10.1. The van der Waals surface area contributed by atoms with Crippen LogP contribution in [0.4, 0.5) is 4.39 Å². The summed E-state index contributed by atoms with van der Waals surface area (Å²) in [6, 6.07) is 4.96. The van der Waals surface area contributed by atoms with Crippen LogP contribution >= 0.6 is 15.9 Å². The highest BCUT2D eigenvalue weighted by molar-refractivity contribution is 9.10. The summed E-state index contributed by atoms with van der Waals surface area (Å²) in [6.07, 6.45) is 1.96. The molecule has 22 heavy (non-hydrogen) atoms. The van der Waals surface area contributed by atoms with Crippen molar-refractivity contribution in [3.05, 3.63) is 51.5 Å². The fraction of sp³-hybridized carbons (Fsp3) is 0.353. The van der Waals surface area contributed by atoms with Crippen LogP contribution in [0, 0.1) is 5.82 Å². The number of carbonyl (C=O) groups is 1. The second kappa shape index (κ2) is 8.73. The van der Waals surface area contributed by atoms with Gasteiger partial charge in [-0.05, 0) is 66.9 Å². The number of benzene rings is 1. The van der Waals surface area contributed by atoms with Crippen molar-refractivity contribution >= 4 is 27.5 Å². The highest BCUT2D eigenvalue weighted by Crippen LogP contribution is 2.21. The summed E-state index contributed by atoms with van der Waals surface area (Å²) in [5.41, 5.74) is 3.43. The van der Waals surface area contributed by atoms with Crippen molar-refractivity contribution in [1.29, 1.82) is 0 Å². The summed E-state index contributed by atoms with van der Waals surface area (Å²) < 4.78 is 18.9. The summed E-state index contributed by atoms with van der Waals surface area (Å²) in [6.45, 7) is 7.86. The van der Waals surface area contributed by atoms with Crippen LogP contribution in [0.2, 0.25) is 0 Å². The van der Waals surface area contributed by atoms with Crippen LogP contribution < -0.4 is 5.32 Å². The Morgan fingerprint density at radius 3 is 2.59 bits per heavy atom. The highest BCUT2D eigenvalue weighted by atomic mass is 79.9. The molecule has 1 aromatic carbocycles. The smallest absolute Gasteiger partial charge is 0.311 e. The summed E-state index contributed by atoms with van der Waals surface area (Å²) in [7, 11) is 0. The van der Waals surface area contributed by atoms with Gasteiger partial charge in [0.15, 0.2) is 0 Å². The Morgan fingerprint density at radius 2 is 2.05 bits per heavy atom. The fourth-order valence-corrected chi connectivity index (χ4v) is 2.00. The Labute approximate surface area is 139 Å². The summed E-state index contributed by atoms with van der Waals surface area (Å²) in [5, 5.41) is 3.12. The first-order valence-electron chi connectivity index (χ1n) is 7.05. The number of rotatable bonds is 6. The van der Waals surface area contributed by atoms with E-state index in [9.17, 15) is 9.18 Å². The van der Waals surface area contributed by atoms with E-state index in [0.717, 1.165) is 22.4 Å². The van der Waals surface area contributed by atoms with Crippen LogP contribution in [-0.2, 0) is 9.53 Å². The summed E-state index contributed by atoms with van der Waals surface area (Å²) in [4.78, 5) is 11.6. The molecule has 0 saturated heterocycles. The molecular weight excluding hydrogens is 349 g/mol. The number of esters is 1. The van der Waals surface area contributed by atoms with Crippen LogP contribution in [0.25, 0.3) is 5.57 Å². The first-order valence-corrected chi connectivity index (χ1v) is 7.85. The van der Waals surface area contributed by atoms with E-state index in [1.54, 1.807) is 19.2 Å². The van der Waals surface area contributed by atoms with Gasteiger partial charge in [0.25, 0.3) is 0 Å². The van der Waals surface area contributed by atoms with Gasteiger partial charge >= 0.3 is 5.97 Å². The Hall–Kier alpha value is -1.62. The van der Waals surface area contributed by atoms with Crippen molar-refractivity contribution in [3.63, 3.8) is 0 Å². The zero-order chi connectivity index (χ0) is 16.7. The first-order chi connectivity index (χ1) is 10.3. The SMILES string of the molecule is CCOC(=O)CC(N/C=C(\C)c1ccc(Br)c(F)c1)=C(C)C. The van der Waals surface area contributed by atoms with Gasteiger partial charge in [-0.15, -0.1) is 0 Å². The third-order valence-corrected chi connectivity index (χ3v) is 3.71. The van der Waals surface area contributed by atoms with Crippen molar-refractivity contribution in [2.75, 3.05) is 6.61 Å². The van der Waals surface area contributed by atoms with Gasteiger partial charge in [0.2, 0.25) is 0 Å². The van der Waals surface area contributed by atoms with Crippen molar-refractivity contribution in [1.82, 2.24) is 5.32 Å². The minimum Gasteiger partial charge on any atom is -0.466 e. The predicted molar refractivity (Wildman–Crippen MR) is 90.5 cm³/mol. The number of hydrogen-bond acceptors (Lipinski definition) is 3. The molecule has 120 valence electrons. The molecule has 0 aliphatic heterocycles. The zero-order valence-corrected chi connectivity index (χ0v) is 14.9. The van der Waals surface area contributed by atoms with Gasteiger partial charge in [0, 0.05) is 11.9 Å². The Bertz CT molecular complexity index is 605. The molecule has 0 unspecified atom stereocenters. The van der Waals surface area contributed by atoms with Crippen LogP contribution in [0.3, 0.4) is 0 Å².